The Labute approximate surface area is 216 Å². The number of ether oxygens (including phenoxy) is 1. The van der Waals surface area contributed by atoms with Crippen LogP contribution in [-0.4, -0.2) is 74.7 Å². The monoisotopic (exact) mass is 497 g/mol. The maximum absolute atomic E-state index is 13.4. The quantitative estimate of drug-likeness (QED) is 0.358. The molecular weight excluding hydrogens is 458 g/mol. The smallest absolute Gasteiger partial charge is 0.227 e. The Kier molecular flexibility index (Phi) is 10.4. The molecule has 1 aliphatic carbocycles. The number of hydrogen-bond acceptors (Lipinski definition) is 4. The van der Waals surface area contributed by atoms with E-state index in [4.69, 9.17) is 22.8 Å². The summed E-state index contributed by atoms with van der Waals surface area (Å²) in [6, 6.07) is 0. The molecule has 0 aromatic rings. The van der Waals surface area contributed by atoms with Crippen molar-refractivity contribution in [3.8, 4) is 12.3 Å². The van der Waals surface area contributed by atoms with Gasteiger partial charge in [-0.2, -0.15) is 0 Å². The normalized spacial score (nSPS) is 21.1. The average molecular weight is 498 g/mol. The first-order valence-electron chi connectivity index (χ1n) is 12.7. The van der Waals surface area contributed by atoms with Crippen molar-refractivity contribution in [1.82, 2.24) is 15.1 Å². The number of carbonyl (C=O) groups is 1. The van der Waals surface area contributed by atoms with Crippen LogP contribution < -0.4 is 5.32 Å². The molecule has 3 aliphatic rings. The van der Waals surface area contributed by atoms with Crippen LogP contribution in [0.1, 0.15) is 39.0 Å². The molecule has 6 heteroatoms. The van der Waals surface area contributed by atoms with Crippen LogP contribution in [0.4, 0.5) is 0 Å². The van der Waals surface area contributed by atoms with E-state index in [0.717, 1.165) is 51.0 Å². The van der Waals surface area contributed by atoms with Gasteiger partial charge in [0.05, 0.1) is 18.1 Å². The number of likely N-dealkylation sites (tertiary alicyclic amines) is 1. The third-order valence-electron chi connectivity index (χ3n) is 7.24. The van der Waals surface area contributed by atoms with Crippen LogP contribution in [0, 0.1) is 18.3 Å². The fourth-order valence-electron chi connectivity index (χ4n) is 5.13. The highest BCUT2D eigenvalue weighted by Gasteiger charge is 2.43. The van der Waals surface area contributed by atoms with Gasteiger partial charge in [-0.25, -0.2) is 0 Å². The number of nitrogens with one attached hydrogen (secondary N) is 1. The lowest BCUT2D eigenvalue weighted by Gasteiger charge is -2.41. The molecule has 1 unspecified atom stereocenters. The lowest BCUT2D eigenvalue weighted by molar-refractivity contribution is -0.135. The molecule has 1 spiro atoms. The first-order valence-corrected chi connectivity index (χ1v) is 13.1. The van der Waals surface area contributed by atoms with Crippen molar-refractivity contribution < 1.29 is 9.53 Å². The average Bonchev–Trinajstić information content (AvgIpc) is 3.02. The SMILES string of the molecule is C#CC/C=C\C(Cl)=C(/C)CC(CN1CCC2(CC1)OCC1=C2C=CCC=C1)C(=O)N(C)CCNC. The van der Waals surface area contributed by atoms with Gasteiger partial charge in [0.25, 0.3) is 0 Å². The third kappa shape index (κ3) is 7.21. The highest BCUT2D eigenvalue weighted by molar-refractivity contribution is 6.31. The van der Waals surface area contributed by atoms with Gasteiger partial charge in [-0.3, -0.25) is 4.79 Å². The number of halogens is 1. The van der Waals surface area contributed by atoms with Gasteiger partial charge in [-0.15, -0.1) is 12.3 Å². The highest BCUT2D eigenvalue weighted by Crippen LogP contribution is 2.42. The molecule has 0 radical (unpaired) electrons. The third-order valence-corrected chi connectivity index (χ3v) is 7.69. The van der Waals surface area contributed by atoms with Gasteiger partial charge in [-0.1, -0.05) is 47.6 Å². The number of amides is 1. The van der Waals surface area contributed by atoms with Crippen molar-refractivity contribution in [3.05, 3.63) is 58.2 Å². The van der Waals surface area contributed by atoms with E-state index in [1.807, 2.05) is 38.1 Å². The summed E-state index contributed by atoms with van der Waals surface area (Å²) >= 11 is 6.52. The Balaban J connectivity index is 1.69. The number of piperidine rings is 1. The second kappa shape index (κ2) is 13.3. The zero-order valence-corrected chi connectivity index (χ0v) is 22.2. The molecule has 1 saturated heterocycles. The molecule has 2 aliphatic heterocycles. The van der Waals surface area contributed by atoms with Crippen molar-refractivity contribution in [2.45, 2.75) is 44.6 Å². The van der Waals surface area contributed by atoms with Gasteiger partial charge in [-0.05, 0) is 56.9 Å². The summed E-state index contributed by atoms with van der Waals surface area (Å²) in [6.45, 7) is 6.70. The van der Waals surface area contributed by atoms with E-state index in [-0.39, 0.29) is 17.4 Å². The molecule has 35 heavy (non-hydrogen) atoms. The van der Waals surface area contributed by atoms with E-state index in [9.17, 15) is 4.79 Å². The Bertz CT molecular complexity index is 945. The van der Waals surface area contributed by atoms with Crippen molar-refractivity contribution in [2.75, 3.05) is 53.4 Å². The van der Waals surface area contributed by atoms with Gasteiger partial charge in [0.1, 0.15) is 0 Å². The minimum Gasteiger partial charge on any atom is -0.365 e. The van der Waals surface area contributed by atoms with Gasteiger partial charge in [0.2, 0.25) is 5.91 Å². The number of nitrogens with zero attached hydrogens (tertiary/aromatic N) is 2. The molecule has 0 aromatic heterocycles. The van der Waals surface area contributed by atoms with E-state index in [2.05, 4.69) is 40.4 Å². The largest absolute Gasteiger partial charge is 0.365 e. The van der Waals surface area contributed by atoms with E-state index < -0.39 is 0 Å². The lowest BCUT2D eigenvalue weighted by Crippen LogP contribution is -2.48. The van der Waals surface area contributed by atoms with Crippen molar-refractivity contribution in [2.24, 2.45) is 5.92 Å². The minimum absolute atomic E-state index is 0.152. The maximum atomic E-state index is 13.4. The zero-order valence-electron chi connectivity index (χ0n) is 21.5. The fourth-order valence-corrected chi connectivity index (χ4v) is 5.30. The number of allylic oxidation sites excluding steroid dienone is 6. The summed E-state index contributed by atoms with van der Waals surface area (Å²) in [5.74, 6) is 2.60. The molecule has 0 saturated carbocycles. The molecule has 190 valence electrons. The maximum Gasteiger partial charge on any atom is 0.227 e. The molecule has 0 aromatic carbocycles. The Hall–Kier alpha value is -2.10. The van der Waals surface area contributed by atoms with E-state index in [0.29, 0.717) is 31.0 Å². The van der Waals surface area contributed by atoms with E-state index in [1.165, 1.54) is 11.1 Å². The molecule has 2 heterocycles. The van der Waals surface area contributed by atoms with Gasteiger partial charge < -0.3 is 19.9 Å². The summed E-state index contributed by atoms with van der Waals surface area (Å²) in [5, 5.41) is 3.80. The topological polar surface area (TPSA) is 44.8 Å². The number of likely N-dealkylation sites (N-methyl/N-ethyl adjacent to an activating group) is 2. The van der Waals surface area contributed by atoms with Crippen LogP contribution in [0.15, 0.2) is 58.2 Å². The Morgan fingerprint density at radius 1 is 1.37 bits per heavy atom. The van der Waals surface area contributed by atoms with E-state index >= 15 is 0 Å². The lowest BCUT2D eigenvalue weighted by atomic mass is 9.82. The number of carbonyl (C=O) groups excluding carboxylic acids is 1. The summed E-state index contributed by atoms with van der Waals surface area (Å²) in [5.41, 5.74) is 3.51. The first kappa shape index (κ1) is 27.5. The summed E-state index contributed by atoms with van der Waals surface area (Å²) < 4.78 is 6.38. The van der Waals surface area contributed by atoms with Gasteiger partial charge in [0, 0.05) is 51.2 Å². The van der Waals surface area contributed by atoms with E-state index in [1.54, 1.807) is 0 Å². The zero-order chi connectivity index (χ0) is 25.3. The van der Waals surface area contributed by atoms with Crippen LogP contribution in [0.25, 0.3) is 0 Å². The predicted molar refractivity (Wildman–Crippen MR) is 145 cm³/mol. The number of hydrogen-bond donors (Lipinski definition) is 1. The van der Waals surface area contributed by atoms with Crippen LogP contribution in [-0.2, 0) is 9.53 Å². The number of fused-ring (bicyclic) bond motifs is 1. The summed E-state index contributed by atoms with van der Waals surface area (Å²) in [7, 11) is 3.79. The molecule has 3 rings (SSSR count). The summed E-state index contributed by atoms with van der Waals surface area (Å²) in [6.07, 6.45) is 22.1. The van der Waals surface area contributed by atoms with Crippen molar-refractivity contribution in [1.29, 1.82) is 0 Å². The van der Waals surface area contributed by atoms with Crippen LogP contribution in [0.2, 0.25) is 0 Å². The number of rotatable bonds is 10. The molecular formula is C29H40ClN3O2. The van der Waals surface area contributed by atoms with Gasteiger partial charge >= 0.3 is 0 Å². The molecule has 1 N–H and O–H groups in total. The second-order valence-electron chi connectivity index (χ2n) is 9.77. The Morgan fingerprint density at radius 3 is 2.83 bits per heavy atom. The fraction of sp³-hybridized carbons (Fsp3) is 0.552. The Morgan fingerprint density at radius 2 is 2.11 bits per heavy atom. The van der Waals surface area contributed by atoms with Crippen LogP contribution in [0.3, 0.4) is 0 Å². The molecule has 1 fully saturated rings. The molecule has 1 amide bonds. The standard InChI is InChI=1S/C29H40ClN3O2/c1-5-6-8-13-27(30)23(2)20-25(28(34)32(4)19-16-31-3)21-33-17-14-29(15-18-33)26-12-10-7-9-11-24(26)22-35-29/h1,8-13,25,31H,6-7,14-22H2,2-4H3/b13-8-,27-23-. The first-order chi connectivity index (χ1) is 16.9. The van der Waals surface area contributed by atoms with Gasteiger partial charge in [0.15, 0.2) is 0 Å². The minimum atomic E-state index is -0.180. The van der Waals surface area contributed by atoms with Crippen molar-refractivity contribution >= 4 is 17.5 Å². The van der Waals surface area contributed by atoms with Crippen LogP contribution in [0.5, 0.6) is 0 Å². The highest BCUT2D eigenvalue weighted by atomic mass is 35.5. The molecule has 0 bridgehead atoms. The van der Waals surface area contributed by atoms with Crippen LogP contribution >= 0.6 is 11.6 Å². The second-order valence-corrected chi connectivity index (χ2v) is 10.2. The van der Waals surface area contributed by atoms with Crippen molar-refractivity contribution in [3.63, 3.8) is 0 Å². The summed E-state index contributed by atoms with van der Waals surface area (Å²) in [4.78, 5) is 17.7. The molecule has 1 atom stereocenters. The molecule has 5 nitrogen and oxygen atoms in total. The predicted octanol–water partition coefficient (Wildman–Crippen LogP) is 4.44. The number of terminal acetylenes is 1.